The summed E-state index contributed by atoms with van der Waals surface area (Å²) in [5.74, 6) is 1.42. The smallest absolute Gasteiger partial charge is 0.211 e. The molecule has 0 aromatic carbocycles. The Balaban J connectivity index is 1.57. The Labute approximate surface area is 131 Å². The minimum absolute atomic E-state index is 0.380. The Bertz CT molecular complexity index is 692. The van der Waals surface area contributed by atoms with Crippen LogP contribution in [0.4, 0.5) is 0 Å². The molecule has 3 heterocycles. The molecule has 0 bridgehead atoms. The van der Waals surface area contributed by atoms with E-state index in [0.29, 0.717) is 25.6 Å². The summed E-state index contributed by atoms with van der Waals surface area (Å²) >= 11 is 0. The van der Waals surface area contributed by atoms with E-state index in [9.17, 15) is 8.42 Å². The zero-order chi connectivity index (χ0) is 15.4. The highest BCUT2D eigenvalue weighted by Gasteiger charge is 2.53. The highest BCUT2D eigenvalue weighted by atomic mass is 32.2. The molecule has 1 aliphatic carbocycles. The van der Waals surface area contributed by atoms with Gasteiger partial charge in [0, 0.05) is 30.8 Å². The van der Waals surface area contributed by atoms with Gasteiger partial charge in [0.15, 0.2) is 0 Å². The van der Waals surface area contributed by atoms with Crippen molar-refractivity contribution in [1.82, 2.24) is 14.3 Å². The fourth-order valence-electron chi connectivity index (χ4n) is 3.78. The van der Waals surface area contributed by atoms with Gasteiger partial charge in [0.25, 0.3) is 0 Å². The lowest BCUT2D eigenvalue weighted by Crippen LogP contribution is -2.60. The van der Waals surface area contributed by atoms with Gasteiger partial charge in [-0.3, -0.25) is 0 Å². The van der Waals surface area contributed by atoms with Crippen LogP contribution in [0, 0.1) is 0 Å². The van der Waals surface area contributed by atoms with Crippen molar-refractivity contribution in [2.24, 2.45) is 0 Å². The largest absolute Gasteiger partial charge is 0.361 e. The monoisotopic (exact) mass is 323 g/mol. The second-order valence-corrected chi connectivity index (χ2v) is 8.72. The van der Waals surface area contributed by atoms with E-state index in [0.717, 1.165) is 17.1 Å². The lowest BCUT2D eigenvalue weighted by atomic mass is 9.87. The van der Waals surface area contributed by atoms with Crippen molar-refractivity contribution in [2.45, 2.75) is 50.2 Å². The first-order chi connectivity index (χ1) is 10.5. The summed E-state index contributed by atoms with van der Waals surface area (Å²) in [6.07, 6.45) is 9.29. The second kappa shape index (κ2) is 4.97. The molecule has 1 saturated heterocycles. The molecule has 1 aromatic rings. The zero-order valence-electron chi connectivity index (χ0n) is 12.8. The molecule has 1 spiro atoms. The van der Waals surface area contributed by atoms with Crippen molar-refractivity contribution in [3.8, 4) is 0 Å². The highest BCUT2D eigenvalue weighted by molar-refractivity contribution is 7.88. The molecule has 4 rings (SSSR count). The van der Waals surface area contributed by atoms with E-state index in [1.165, 1.54) is 42.7 Å². The van der Waals surface area contributed by atoms with Crippen molar-refractivity contribution in [2.75, 3.05) is 19.3 Å². The SMILES string of the molecule is CS(=O)(=O)N1CC2(C1)OCc1nc(C3CCCCC3)ncc12. The molecule has 1 aromatic heterocycles. The molecule has 22 heavy (non-hydrogen) atoms. The predicted molar refractivity (Wildman–Crippen MR) is 80.7 cm³/mol. The summed E-state index contributed by atoms with van der Waals surface area (Å²) in [6, 6.07) is 0. The molecular formula is C15H21N3O3S. The third-order valence-electron chi connectivity index (χ3n) is 5.17. The van der Waals surface area contributed by atoms with Crippen LogP contribution in [0.1, 0.15) is 55.1 Å². The van der Waals surface area contributed by atoms with E-state index in [2.05, 4.69) is 4.98 Å². The Kier molecular flexibility index (Phi) is 3.29. The average molecular weight is 323 g/mol. The highest BCUT2D eigenvalue weighted by Crippen LogP contribution is 2.44. The summed E-state index contributed by atoms with van der Waals surface area (Å²) in [6.45, 7) is 1.23. The van der Waals surface area contributed by atoms with Gasteiger partial charge in [0.2, 0.25) is 10.0 Å². The molecule has 0 N–H and O–H groups in total. The predicted octanol–water partition coefficient (Wildman–Crippen LogP) is 1.52. The second-order valence-electron chi connectivity index (χ2n) is 6.74. The Morgan fingerprint density at radius 3 is 2.68 bits per heavy atom. The van der Waals surface area contributed by atoms with Crippen LogP contribution in [0.25, 0.3) is 0 Å². The fraction of sp³-hybridized carbons (Fsp3) is 0.733. The van der Waals surface area contributed by atoms with Crippen molar-refractivity contribution >= 4 is 10.0 Å². The van der Waals surface area contributed by atoms with Gasteiger partial charge in [-0.1, -0.05) is 19.3 Å². The van der Waals surface area contributed by atoms with Crippen LogP contribution in [0.5, 0.6) is 0 Å². The summed E-state index contributed by atoms with van der Waals surface area (Å²) in [7, 11) is -3.14. The number of ether oxygens (including phenoxy) is 1. The first kappa shape index (κ1) is 14.5. The third-order valence-corrected chi connectivity index (χ3v) is 6.36. The summed E-state index contributed by atoms with van der Waals surface area (Å²) in [4.78, 5) is 9.32. The fourth-order valence-corrected chi connectivity index (χ4v) is 4.67. The van der Waals surface area contributed by atoms with Gasteiger partial charge in [-0.25, -0.2) is 18.4 Å². The van der Waals surface area contributed by atoms with Crippen LogP contribution in [-0.4, -0.2) is 42.0 Å². The summed E-state index contributed by atoms with van der Waals surface area (Å²) in [5, 5.41) is 0. The van der Waals surface area contributed by atoms with E-state index in [1.54, 1.807) is 0 Å². The Morgan fingerprint density at radius 1 is 1.27 bits per heavy atom. The van der Waals surface area contributed by atoms with E-state index < -0.39 is 15.6 Å². The zero-order valence-corrected chi connectivity index (χ0v) is 13.6. The Hall–Kier alpha value is -1.05. The van der Waals surface area contributed by atoms with Crippen LogP contribution in [0.15, 0.2) is 6.20 Å². The molecule has 0 radical (unpaired) electrons. The van der Waals surface area contributed by atoms with Gasteiger partial charge < -0.3 is 4.74 Å². The summed E-state index contributed by atoms with van der Waals surface area (Å²) < 4.78 is 30.5. The normalized spacial score (nSPS) is 25.1. The topological polar surface area (TPSA) is 72.4 Å². The van der Waals surface area contributed by atoms with Crippen LogP contribution in [-0.2, 0) is 27.0 Å². The van der Waals surface area contributed by atoms with Crippen molar-refractivity contribution < 1.29 is 13.2 Å². The van der Waals surface area contributed by atoms with E-state index >= 15 is 0 Å². The molecule has 0 atom stereocenters. The molecule has 6 nitrogen and oxygen atoms in total. The number of rotatable bonds is 2. The van der Waals surface area contributed by atoms with Gasteiger partial charge in [-0.2, -0.15) is 4.31 Å². The standard InChI is InChI=1S/C15H21N3O3S/c1-22(19,20)18-9-15(10-18)12-7-16-14(17-13(12)8-21-15)11-5-3-2-4-6-11/h7,11H,2-6,8-10H2,1H3. The molecule has 1 saturated carbocycles. The van der Waals surface area contributed by atoms with Gasteiger partial charge in [-0.05, 0) is 12.8 Å². The van der Waals surface area contributed by atoms with Crippen molar-refractivity contribution in [3.63, 3.8) is 0 Å². The van der Waals surface area contributed by atoms with E-state index in [1.807, 2.05) is 6.20 Å². The van der Waals surface area contributed by atoms with Crippen LogP contribution < -0.4 is 0 Å². The number of fused-ring (bicyclic) bond motifs is 2. The maximum absolute atomic E-state index is 11.6. The van der Waals surface area contributed by atoms with Gasteiger partial charge in [0.1, 0.15) is 11.4 Å². The average Bonchev–Trinajstić information content (AvgIpc) is 2.84. The molecule has 2 fully saturated rings. The number of hydrogen-bond acceptors (Lipinski definition) is 5. The summed E-state index contributed by atoms with van der Waals surface area (Å²) in [5.41, 5.74) is 1.42. The Morgan fingerprint density at radius 2 is 2.00 bits per heavy atom. The molecule has 7 heteroatoms. The van der Waals surface area contributed by atoms with Gasteiger partial charge >= 0.3 is 0 Å². The molecule has 2 aliphatic heterocycles. The maximum Gasteiger partial charge on any atom is 0.211 e. The lowest BCUT2D eigenvalue weighted by Gasteiger charge is -2.45. The first-order valence-corrected chi connectivity index (χ1v) is 9.78. The minimum atomic E-state index is -3.14. The maximum atomic E-state index is 11.6. The molecule has 0 amide bonds. The third kappa shape index (κ3) is 2.26. The number of aromatic nitrogens is 2. The molecular weight excluding hydrogens is 302 g/mol. The van der Waals surface area contributed by atoms with Crippen LogP contribution in [0.2, 0.25) is 0 Å². The molecule has 3 aliphatic rings. The number of nitrogens with zero attached hydrogens (tertiary/aromatic N) is 3. The van der Waals surface area contributed by atoms with Gasteiger partial charge in [0.05, 0.1) is 18.6 Å². The minimum Gasteiger partial charge on any atom is -0.361 e. The molecule has 0 unspecified atom stereocenters. The lowest BCUT2D eigenvalue weighted by molar-refractivity contribution is -0.112. The quantitative estimate of drug-likeness (QED) is 0.825. The van der Waals surface area contributed by atoms with E-state index in [-0.39, 0.29) is 0 Å². The van der Waals surface area contributed by atoms with Gasteiger partial charge in [-0.15, -0.1) is 0 Å². The van der Waals surface area contributed by atoms with Crippen LogP contribution >= 0.6 is 0 Å². The molecule has 120 valence electrons. The number of hydrogen-bond donors (Lipinski definition) is 0. The van der Waals surface area contributed by atoms with E-state index in [4.69, 9.17) is 9.72 Å². The first-order valence-electron chi connectivity index (χ1n) is 7.93. The number of sulfonamides is 1. The van der Waals surface area contributed by atoms with Crippen molar-refractivity contribution in [3.05, 3.63) is 23.3 Å². The van der Waals surface area contributed by atoms with Crippen molar-refractivity contribution in [1.29, 1.82) is 0 Å². The van der Waals surface area contributed by atoms with Crippen LogP contribution in [0.3, 0.4) is 0 Å².